The molecule has 0 aromatic heterocycles. The Kier molecular flexibility index (Phi) is 2.69. The van der Waals surface area contributed by atoms with Gasteiger partial charge in [0.2, 0.25) is 0 Å². The number of rotatable bonds is 2. The zero-order valence-corrected chi connectivity index (χ0v) is 10.5. The van der Waals surface area contributed by atoms with Crippen molar-refractivity contribution in [2.75, 3.05) is 0 Å². The highest BCUT2D eigenvalue weighted by Crippen LogP contribution is 2.56. The molecule has 4 heteroatoms. The fraction of sp³-hybridized carbons (Fsp3) is 0.462. The van der Waals surface area contributed by atoms with Gasteiger partial charge in [-0.15, -0.1) is 0 Å². The van der Waals surface area contributed by atoms with E-state index >= 15 is 0 Å². The van der Waals surface area contributed by atoms with Crippen LogP contribution in [-0.4, -0.2) is 11.1 Å². The Morgan fingerprint density at radius 1 is 1.41 bits per heavy atom. The van der Waals surface area contributed by atoms with Crippen LogP contribution in [0, 0.1) is 11.2 Å². The zero-order chi connectivity index (χ0) is 12.8. The van der Waals surface area contributed by atoms with Crippen molar-refractivity contribution < 1.29 is 14.3 Å². The van der Waals surface area contributed by atoms with Gasteiger partial charge in [0.05, 0.1) is 10.4 Å². The van der Waals surface area contributed by atoms with Gasteiger partial charge in [-0.2, -0.15) is 0 Å². The van der Waals surface area contributed by atoms with Gasteiger partial charge in [-0.3, -0.25) is 4.79 Å². The molecule has 1 N–H and O–H groups in total. The molecule has 0 bridgehead atoms. The number of aliphatic carboxylic acids is 1. The molecule has 1 saturated carbocycles. The molecule has 0 unspecified atom stereocenters. The SMILES string of the molecule is CC1(C)CC(C(=O)O)(c2cccc(Cl)c2F)C1. The minimum absolute atomic E-state index is 0.0205. The summed E-state index contributed by atoms with van der Waals surface area (Å²) < 4.78 is 13.9. The predicted octanol–water partition coefficient (Wildman–Crippen LogP) is 3.62. The lowest BCUT2D eigenvalue weighted by Crippen LogP contribution is -2.52. The van der Waals surface area contributed by atoms with Gasteiger partial charge in [0, 0.05) is 5.56 Å². The zero-order valence-electron chi connectivity index (χ0n) is 9.76. The van der Waals surface area contributed by atoms with E-state index in [9.17, 15) is 14.3 Å². The molecule has 1 aliphatic carbocycles. The molecule has 17 heavy (non-hydrogen) atoms. The molecule has 0 spiro atoms. The van der Waals surface area contributed by atoms with Gasteiger partial charge in [0.15, 0.2) is 0 Å². The monoisotopic (exact) mass is 256 g/mol. The first-order chi connectivity index (χ1) is 7.78. The van der Waals surface area contributed by atoms with Crippen LogP contribution in [0.1, 0.15) is 32.3 Å². The van der Waals surface area contributed by atoms with Crippen molar-refractivity contribution in [2.24, 2.45) is 5.41 Å². The van der Waals surface area contributed by atoms with Crippen LogP contribution in [0.4, 0.5) is 4.39 Å². The van der Waals surface area contributed by atoms with E-state index in [1.807, 2.05) is 13.8 Å². The van der Waals surface area contributed by atoms with Crippen LogP contribution in [0.15, 0.2) is 18.2 Å². The molecule has 1 aromatic rings. The lowest BCUT2D eigenvalue weighted by molar-refractivity contribution is -0.153. The summed E-state index contributed by atoms with van der Waals surface area (Å²) in [6.07, 6.45) is 0.874. The number of benzene rings is 1. The molecule has 0 atom stereocenters. The largest absolute Gasteiger partial charge is 0.481 e. The molecule has 92 valence electrons. The highest BCUT2D eigenvalue weighted by molar-refractivity contribution is 6.30. The van der Waals surface area contributed by atoms with Gasteiger partial charge in [-0.25, -0.2) is 4.39 Å². The average Bonchev–Trinajstić information content (AvgIpc) is 2.17. The standard InChI is InChI=1S/C13H14ClFO2/c1-12(2)6-13(7-12,11(16)17)8-4-3-5-9(14)10(8)15/h3-5H,6-7H2,1-2H3,(H,16,17). The summed E-state index contributed by atoms with van der Waals surface area (Å²) in [5.74, 6) is -1.58. The van der Waals surface area contributed by atoms with Crippen molar-refractivity contribution in [1.82, 2.24) is 0 Å². The van der Waals surface area contributed by atoms with Crippen molar-refractivity contribution in [3.63, 3.8) is 0 Å². The maximum absolute atomic E-state index is 13.9. The van der Waals surface area contributed by atoms with Gasteiger partial charge < -0.3 is 5.11 Å². The van der Waals surface area contributed by atoms with E-state index in [1.54, 1.807) is 6.07 Å². The molecular formula is C13H14ClFO2. The molecule has 2 nitrogen and oxygen atoms in total. The number of carbonyl (C=O) groups is 1. The van der Waals surface area contributed by atoms with E-state index in [-0.39, 0.29) is 16.0 Å². The van der Waals surface area contributed by atoms with Crippen LogP contribution in [-0.2, 0) is 10.2 Å². The Hall–Kier alpha value is -1.09. The lowest BCUT2D eigenvalue weighted by atomic mass is 9.52. The van der Waals surface area contributed by atoms with Gasteiger partial charge in [0.1, 0.15) is 5.82 Å². The topological polar surface area (TPSA) is 37.3 Å². The maximum Gasteiger partial charge on any atom is 0.314 e. The molecule has 0 radical (unpaired) electrons. The van der Waals surface area contributed by atoms with Crippen LogP contribution in [0.2, 0.25) is 5.02 Å². The minimum atomic E-state index is -1.11. The van der Waals surface area contributed by atoms with Gasteiger partial charge in [0.25, 0.3) is 0 Å². The van der Waals surface area contributed by atoms with Crippen LogP contribution in [0.25, 0.3) is 0 Å². The van der Waals surface area contributed by atoms with Gasteiger partial charge in [-0.05, 0) is 24.3 Å². The molecule has 1 fully saturated rings. The van der Waals surface area contributed by atoms with Gasteiger partial charge >= 0.3 is 5.97 Å². The molecule has 0 saturated heterocycles. The van der Waals surface area contributed by atoms with E-state index in [0.717, 1.165) is 0 Å². The van der Waals surface area contributed by atoms with Crippen molar-refractivity contribution in [2.45, 2.75) is 32.1 Å². The predicted molar refractivity (Wildman–Crippen MR) is 63.7 cm³/mol. The first-order valence-corrected chi connectivity index (χ1v) is 5.84. The van der Waals surface area contributed by atoms with Crippen LogP contribution >= 0.6 is 11.6 Å². The van der Waals surface area contributed by atoms with E-state index in [2.05, 4.69) is 0 Å². The molecule has 0 aliphatic heterocycles. The van der Waals surface area contributed by atoms with Crippen LogP contribution in [0.3, 0.4) is 0 Å². The van der Waals surface area contributed by atoms with Crippen molar-refractivity contribution in [1.29, 1.82) is 0 Å². The second-order valence-electron chi connectivity index (χ2n) is 5.51. The summed E-state index contributed by atoms with van der Waals surface area (Å²) in [6.45, 7) is 3.97. The Bertz CT molecular complexity index is 474. The molecule has 0 heterocycles. The maximum atomic E-state index is 13.9. The summed E-state index contributed by atoms with van der Waals surface area (Å²) in [5.41, 5.74) is -0.970. The van der Waals surface area contributed by atoms with E-state index in [1.165, 1.54) is 12.1 Å². The van der Waals surface area contributed by atoms with Crippen molar-refractivity contribution in [3.8, 4) is 0 Å². The summed E-state index contributed by atoms with van der Waals surface area (Å²) in [4.78, 5) is 11.4. The van der Waals surface area contributed by atoms with Gasteiger partial charge in [-0.1, -0.05) is 37.6 Å². The third-order valence-corrected chi connectivity index (χ3v) is 3.73. The minimum Gasteiger partial charge on any atom is -0.481 e. The molecule has 1 aliphatic rings. The smallest absolute Gasteiger partial charge is 0.314 e. The second-order valence-corrected chi connectivity index (χ2v) is 5.91. The second kappa shape index (κ2) is 3.70. The fourth-order valence-electron chi connectivity index (χ4n) is 2.91. The third-order valence-electron chi connectivity index (χ3n) is 3.44. The molecule has 0 amide bonds. The first-order valence-electron chi connectivity index (χ1n) is 5.46. The fourth-order valence-corrected chi connectivity index (χ4v) is 3.09. The summed E-state index contributed by atoms with van der Waals surface area (Å²) >= 11 is 5.71. The normalized spacial score (nSPS) is 20.7. The number of hydrogen-bond donors (Lipinski definition) is 1. The van der Waals surface area contributed by atoms with E-state index in [0.29, 0.717) is 12.8 Å². The van der Waals surface area contributed by atoms with Crippen LogP contribution < -0.4 is 0 Å². The van der Waals surface area contributed by atoms with Crippen molar-refractivity contribution in [3.05, 3.63) is 34.6 Å². The molecule has 1 aromatic carbocycles. The summed E-state index contributed by atoms with van der Waals surface area (Å²) in [5, 5.41) is 9.35. The average molecular weight is 257 g/mol. The van der Waals surface area contributed by atoms with Crippen LogP contribution in [0.5, 0.6) is 0 Å². The number of halogens is 2. The quantitative estimate of drug-likeness (QED) is 0.877. The Morgan fingerprint density at radius 2 is 2.00 bits per heavy atom. The summed E-state index contributed by atoms with van der Waals surface area (Å²) in [7, 11) is 0. The third kappa shape index (κ3) is 1.82. The Balaban J connectivity index is 2.50. The number of carboxylic acid groups (broad SMARTS) is 1. The first kappa shape index (κ1) is 12.4. The molecular weight excluding hydrogens is 243 g/mol. The summed E-state index contributed by atoms with van der Waals surface area (Å²) in [6, 6.07) is 4.54. The Labute approximate surface area is 104 Å². The van der Waals surface area contributed by atoms with E-state index in [4.69, 9.17) is 11.6 Å². The number of hydrogen-bond acceptors (Lipinski definition) is 1. The Morgan fingerprint density at radius 3 is 2.47 bits per heavy atom. The van der Waals surface area contributed by atoms with E-state index < -0.39 is 17.2 Å². The lowest BCUT2D eigenvalue weighted by Gasteiger charge is -2.50. The van der Waals surface area contributed by atoms with Crippen molar-refractivity contribution >= 4 is 17.6 Å². The highest BCUT2D eigenvalue weighted by atomic mass is 35.5. The highest BCUT2D eigenvalue weighted by Gasteiger charge is 2.56. The number of carboxylic acids is 1. The molecule has 2 rings (SSSR count).